The van der Waals surface area contributed by atoms with Crippen LogP contribution in [0.4, 0.5) is 5.82 Å². The molecule has 4 rings (SSSR count). The molecule has 5 heteroatoms. The van der Waals surface area contributed by atoms with E-state index in [1.54, 1.807) is 4.68 Å². The van der Waals surface area contributed by atoms with E-state index in [0.29, 0.717) is 11.4 Å². The molecule has 0 unspecified atom stereocenters. The molecule has 1 aliphatic rings. The molecule has 0 fully saturated rings. The molecular formula is C19H16ClN3O. The number of anilines is 1. The van der Waals surface area contributed by atoms with Gasteiger partial charge in [-0.2, -0.15) is 5.10 Å². The number of rotatable bonds is 2. The normalized spacial score (nSPS) is 16.6. The zero-order valence-electron chi connectivity index (χ0n) is 13.2. The van der Waals surface area contributed by atoms with Gasteiger partial charge in [0.25, 0.3) is 0 Å². The minimum absolute atomic E-state index is 0.00351. The Morgan fingerprint density at radius 2 is 1.83 bits per heavy atom. The number of amides is 1. The third-order valence-corrected chi connectivity index (χ3v) is 4.62. The summed E-state index contributed by atoms with van der Waals surface area (Å²) in [5, 5.41) is 8.11. The minimum Gasteiger partial charge on any atom is -0.310 e. The molecule has 2 aromatic carbocycles. The van der Waals surface area contributed by atoms with Crippen molar-refractivity contribution in [2.75, 3.05) is 5.32 Å². The number of aryl methyl sites for hydroxylation is 1. The van der Waals surface area contributed by atoms with Gasteiger partial charge < -0.3 is 5.32 Å². The number of aromatic nitrogens is 2. The molecule has 1 aromatic heterocycles. The van der Waals surface area contributed by atoms with Crippen molar-refractivity contribution in [3.8, 4) is 5.69 Å². The van der Waals surface area contributed by atoms with Crippen LogP contribution in [0, 0.1) is 6.92 Å². The summed E-state index contributed by atoms with van der Waals surface area (Å²) in [5.74, 6) is 0.762. The topological polar surface area (TPSA) is 46.9 Å². The first-order valence-electron chi connectivity index (χ1n) is 7.82. The maximum atomic E-state index is 12.2. The van der Waals surface area contributed by atoms with Crippen molar-refractivity contribution in [1.82, 2.24) is 9.78 Å². The summed E-state index contributed by atoms with van der Waals surface area (Å²) in [7, 11) is 0. The van der Waals surface area contributed by atoms with E-state index in [0.717, 1.165) is 22.6 Å². The van der Waals surface area contributed by atoms with Crippen LogP contribution in [0.3, 0.4) is 0 Å². The lowest BCUT2D eigenvalue weighted by Crippen LogP contribution is -2.24. The molecule has 120 valence electrons. The first-order chi connectivity index (χ1) is 11.6. The number of nitrogens with one attached hydrogen (secondary N) is 1. The average molecular weight is 338 g/mol. The monoisotopic (exact) mass is 337 g/mol. The third kappa shape index (κ3) is 2.59. The van der Waals surface area contributed by atoms with E-state index in [4.69, 9.17) is 11.6 Å². The molecule has 4 nitrogen and oxygen atoms in total. The zero-order valence-corrected chi connectivity index (χ0v) is 13.9. The number of carbonyl (C=O) groups excluding carboxylic acids is 1. The van der Waals surface area contributed by atoms with Crippen molar-refractivity contribution >= 4 is 23.3 Å². The van der Waals surface area contributed by atoms with Crippen molar-refractivity contribution in [1.29, 1.82) is 0 Å². The highest BCUT2D eigenvalue weighted by Crippen LogP contribution is 2.38. The second kappa shape index (κ2) is 5.80. The molecule has 0 bridgehead atoms. The van der Waals surface area contributed by atoms with Crippen LogP contribution in [0.1, 0.15) is 29.0 Å². The molecule has 3 aromatic rings. The highest BCUT2D eigenvalue weighted by atomic mass is 35.5. The lowest BCUT2D eigenvalue weighted by atomic mass is 9.87. The Hall–Kier alpha value is -2.59. The Labute approximate surface area is 145 Å². The first kappa shape index (κ1) is 15.0. The van der Waals surface area contributed by atoms with Crippen molar-refractivity contribution < 1.29 is 4.79 Å². The number of nitrogens with zero attached hydrogens (tertiary/aromatic N) is 2. The molecule has 1 aliphatic heterocycles. The maximum absolute atomic E-state index is 12.2. The molecule has 0 saturated carbocycles. The van der Waals surface area contributed by atoms with Gasteiger partial charge in [0.2, 0.25) is 5.91 Å². The second-order valence-electron chi connectivity index (χ2n) is 6.05. The molecule has 0 radical (unpaired) electrons. The lowest BCUT2D eigenvalue weighted by Gasteiger charge is -2.24. The van der Waals surface area contributed by atoms with E-state index >= 15 is 0 Å². The van der Waals surface area contributed by atoms with Crippen LogP contribution in [-0.2, 0) is 4.79 Å². The van der Waals surface area contributed by atoms with Crippen LogP contribution in [0.15, 0.2) is 54.7 Å². The standard InChI is InChI=1S/C19H16ClN3O/c1-12-2-4-13(5-3-12)16-10-18(24)22-19-17(16)11-21-23(19)15-8-6-14(20)7-9-15/h2-9,11,16H,10H2,1H3,(H,22,24)/t16-/m1/s1. The number of fused-ring (bicyclic) bond motifs is 1. The molecule has 0 aliphatic carbocycles. The van der Waals surface area contributed by atoms with Crippen LogP contribution in [0.25, 0.3) is 5.69 Å². The summed E-state index contributed by atoms with van der Waals surface area (Å²) in [6.45, 7) is 2.06. The molecule has 0 saturated heterocycles. The predicted octanol–water partition coefficient (Wildman–Crippen LogP) is 4.31. The van der Waals surface area contributed by atoms with E-state index in [1.807, 2.05) is 30.5 Å². The van der Waals surface area contributed by atoms with E-state index in [1.165, 1.54) is 5.56 Å². The number of carbonyl (C=O) groups is 1. The quantitative estimate of drug-likeness (QED) is 0.757. The highest BCUT2D eigenvalue weighted by molar-refractivity contribution is 6.30. The van der Waals surface area contributed by atoms with Gasteiger partial charge in [0.05, 0.1) is 11.9 Å². The average Bonchev–Trinajstić information content (AvgIpc) is 2.99. The predicted molar refractivity (Wildman–Crippen MR) is 94.8 cm³/mol. The smallest absolute Gasteiger partial charge is 0.226 e. The Kier molecular flexibility index (Phi) is 3.62. The molecule has 0 spiro atoms. The second-order valence-corrected chi connectivity index (χ2v) is 6.49. The highest BCUT2D eigenvalue weighted by Gasteiger charge is 2.30. The summed E-state index contributed by atoms with van der Waals surface area (Å²) in [5.41, 5.74) is 4.24. The van der Waals surface area contributed by atoms with Gasteiger partial charge in [-0.25, -0.2) is 4.68 Å². The molecule has 2 heterocycles. The molecular weight excluding hydrogens is 322 g/mol. The molecule has 1 atom stereocenters. The summed E-state index contributed by atoms with van der Waals surface area (Å²) in [6.07, 6.45) is 2.27. The van der Waals surface area contributed by atoms with Crippen LogP contribution < -0.4 is 5.32 Å². The summed E-state index contributed by atoms with van der Waals surface area (Å²) < 4.78 is 1.75. The van der Waals surface area contributed by atoms with Crippen molar-refractivity contribution in [2.45, 2.75) is 19.3 Å². The van der Waals surface area contributed by atoms with Crippen LogP contribution in [0.5, 0.6) is 0 Å². The Bertz CT molecular complexity index is 897. The Morgan fingerprint density at radius 1 is 1.12 bits per heavy atom. The minimum atomic E-state index is 0.00351. The van der Waals surface area contributed by atoms with Gasteiger partial charge in [-0.05, 0) is 36.8 Å². The van der Waals surface area contributed by atoms with Crippen molar-refractivity contribution in [2.24, 2.45) is 0 Å². The number of benzene rings is 2. The summed E-state index contributed by atoms with van der Waals surface area (Å²) in [6, 6.07) is 15.7. The number of hydrogen-bond acceptors (Lipinski definition) is 2. The number of hydrogen-bond donors (Lipinski definition) is 1. The van der Waals surface area contributed by atoms with Gasteiger partial charge in [0.1, 0.15) is 5.82 Å². The van der Waals surface area contributed by atoms with E-state index < -0.39 is 0 Å². The first-order valence-corrected chi connectivity index (χ1v) is 8.20. The van der Waals surface area contributed by atoms with Crippen molar-refractivity contribution in [3.63, 3.8) is 0 Å². The third-order valence-electron chi connectivity index (χ3n) is 4.37. The SMILES string of the molecule is Cc1ccc([C@H]2CC(=O)Nc3c2cnn3-c2ccc(Cl)cc2)cc1. The van der Waals surface area contributed by atoms with Gasteiger partial charge in [-0.15, -0.1) is 0 Å². The van der Waals surface area contributed by atoms with Crippen LogP contribution in [-0.4, -0.2) is 15.7 Å². The lowest BCUT2D eigenvalue weighted by molar-refractivity contribution is -0.116. The van der Waals surface area contributed by atoms with Gasteiger partial charge in [-0.1, -0.05) is 41.4 Å². The fourth-order valence-corrected chi connectivity index (χ4v) is 3.22. The largest absolute Gasteiger partial charge is 0.310 e. The van der Waals surface area contributed by atoms with Crippen LogP contribution in [0.2, 0.25) is 5.02 Å². The molecule has 24 heavy (non-hydrogen) atoms. The Balaban J connectivity index is 1.80. The Morgan fingerprint density at radius 3 is 2.54 bits per heavy atom. The van der Waals surface area contributed by atoms with Gasteiger partial charge in [0, 0.05) is 22.9 Å². The van der Waals surface area contributed by atoms with E-state index in [-0.39, 0.29) is 11.8 Å². The maximum Gasteiger partial charge on any atom is 0.226 e. The molecule has 1 amide bonds. The van der Waals surface area contributed by atoms with E-state index in [9.17, 15) is 4.79 Å². The number of halogens is 1. The van der Waals surface area contributed by atoms with Gasteiger partial charge in [-0.3, -0.25) is 4.79 Å². The zero-order chi connectivity index (χ0) is 16.7. The van der Waals surface area contributed by atoms with Crippen LogP contribution >= 0.6 is 11.6 Å². The van der Waals surface area contributed by atoms with Gasteiger partial charge >= 0.3 is 0 Å². The fraction of sp³-hybridized carbons (Fsp3) is 0.158. The van der Waals surface area contributed by atoms with Crippen molar-refractivity contribution in [3.05, 3.63) is 76.4 Å². The van der Waals surface area contributed by atoms with Gasteiger partial charge in [0.15, 0.2) is 0 Å². The van der Waals surface area contributed by atoms with E-state index in [2.05, 4.69) is 41.6 Å². The molecule has 1 N–H and O–H groups in total. The summed E-state index contributed by atoms with van der Waals surface area (Å²) in [4.78, 5) is 12.2. The summed E-state index contributed by atoms with van der Waals surface area (Å²) >= 11 is 5.96. The fourth-order valence-electron chi connectivity index (χ4n) is 3.09.